The third-order valence-electron chi connectivity index (χ3n) is 6.02. The molecule has 1 aliphatic rings. The second-order valence-electron chi connectivity index (χ2n) is 8.65. The predicted octanol–water partition coefficient (Wildman–Crippen LogP) is 5.87. The number of pyridine rings is 1. The molecule has 0 amide bonds. The van der Waals surface area contributed by atoms with Crippen LogP contribution in [0.2, 0.25) is 0 Å². The Morgan fingerprint density at radius 1 is 0.926 bits per heavy atom. The quantitative estimate of drug-likeness (QED) is 0.404. The summed E-state index contributed by atoms with van der Waals surface area (Å²) >= 11 is 0. The predicted molar refractivity (Wildman–Crippen MR) is 114 cm³/mol. The molecule has 1 aromatic heterocycles. The lowest BCUT2D eigenvalue weighted by Crippen LogP contribution is -2.32. The minimum Gasteiger partial charge on any atom is -0.201 e. The third kappa shape index (κ3) is 3.00. The molecule has 0 unspecified atom stereocenters. The summed E-state index contributed by atoms with van der Waals surface area (Å²) in [6, 6.07) is 13.9. The van der Waals surface area contributed by atoms with E-state index in [4.69, 9.17) is 0 Å². The number of hydrogen-bond acceptors (Lipinski definition) is 0. The zero-order chi connectivity index (χ0) is 19.3. The molecule has 0 aliphatic heterocycles. The van der Waals surface area contributed by atoms with Crippen LogP contribution >= 0.6 is 0 Å². The number of hydrogen-bond donors (Lipinski definition) is 0. The Kier molecular flexibility index (Phi) is 4.42. The zero-order valence-corrected chi connectivity index (χ0v) is 17.5. The second-order valence-corrected chi connectivity index (χ2v) is 8.65. The molecule has 1 heterocycles. The van der Waals surface area contributed by atoms with Crippen LogP contribution in [0.5, 0.6) is 0 Å². The average molecular weight is 357 g/mol. The van der Waals surface area contributed by atoms with Gasteiger partial charge in [0.25, 0.3) is 0 Å². The highest BCUT2D eigenvalue weighted by Crippen LogP contribution is 2.44. The number of benzene rings is 2. The SMILES string of the molecule is Cc1cc(-c2c(C)ccc3c2Cc2cccc(CC(C)C)c2-3)[n+](C)cc1C. The number of aryl methyl sites for hydroxylation is 4. The van der Waals surface area contributed by atoms with Gasteiger partial charge in [-0.15, -0.1) is 0 Å². The summed E-state index contributed by atoms with van der Waals surface area (Å²) < 4.78 is 2.29. The van der Waals surface area contributed by atoms with Gasteiger partial charge < -0.3 is 0 Å². The summed E-state index contributed by atoms with van der Waals surface area (Å²) in [5.41, 5.74) is 14.2. The first-order valence-electron chi connectivity index (χ1n) is 10.1. The Balaban J connectivity index is 1.95. The van der Waals surface area contributed by atoms with Gasteiger partial charge in [0.15, 0.2) is 6.20 Å². The van der Waals surface area contributed by atoms with E-state index >= 15 is 0 Å². The van der Waals surface area contributed by atoms with Gasteiger partial charge in [-0.2, -0.15) is 0 Å². The van der Waals surface area contributed by atoms with Gasteiger partial charge >= 0.3 is 0 Å². The Bertz CT molecular complexity index is 1040. The fourth-order valence-electron chi connectivity index (χ4n) is 4.62. The van der Waals surface area contributed by atoms with Crippen molar-refractivity contribution in [3.63, 3.8) is 0 Å². The molecule has 138 valence electrons. The molecule has 3 aromatic rings. The topological polar surface area (TPSA) is 3.88 Å². The van der Waals surface area contributed by atoms with E-state index in [1.54, 1.807) is 0 Å². The molecule has 1 aliphatic carbocycles. The summed E-state index contributed by atoms with van der Waals surface area (Å²) in [4.78, 5) is 0. The van der Waals surface area contributed by atoms with Crippen molar-refractivity contribution in [2.75, 3.05) is 0 Å². The minimum absolute atomic E-state index is 0.669. The van der Waals surface area contributed by atoms with E-state index in [9.17, 15) is 0 Å². The maximum absolute atomic E-state index is 2.36. The van der Waals surface area contributed by atoms with Crippen molar-refractivity contribution in [3.05, 3.63) is 76.0 Å². The van der Waals surface area contributed by atoms with Gasteiger partial charge in [0, 0.05) is 11.6 Å². The molecular formula is C26H30N+. The molecule has 0 saturated heterocycles. The van der Waals surface area contributed by atoms with Gasteiger partial charge in [0.2, 0.25) is 5.69 Å². The number of nitrogens with zero attached hydrogens (tertiary/aromatic N) is 1. The Hall–Kier alpha value is -2.41. The summed E-state index contributed by atoms with van der Waals surface area (Å²) in [7, 11) is 2.17. The van der Waals surface area contributed by atoms with Crippen molar-refractivity contribution in [2.45, 2.75) is 47.5 Å². The number of rotatable bonds is 3. The summed E-state index contributed by atoms with van der Waals surface area (Å²) in [6.07, 6.45) is 4.44. The maximum atomic E-state index is 2.36. The standard InChI is InChI=1S/C26H30N/c1-16(2)12-20-8-7-9-21-14-23-22(26(20)21)11-10-17(3)25(23)24-13-18(4)19(5)15-27(24)6/h7-11,13,15-16H,12,14H2,1-6H3/q+1. The van der Waals surface area contributed by atoms with Gasteiger partial charge in [0.1, 0.15) is 7.05 Å². The van der Waals surface area contributed by atoms with Crippen LogP contribution in [-0.4, -0.2) is 0 Å². The van der Waals surface area contributed by atoms with Crippen LogP contribution in [-0.2, 0) is 19.9 Å². The average Bonchev–Trinajstić information content (AvgIpc) is 2.97. The van der Waals surface area contributed by atoms with Crippen LogP contribution in [0.25, 0.3) is 22.4 Å². The van der Waals surface area contributed by atoms with Crippen LogP contribution in [0.15, 0.2) is 42.6 Å². The van der Waals surface area contributed by atoms with Crippen molar-refractivity contribution in [1.29, 1.82) is 0 Å². The zero-order valence-electron chi connectivity index (χ0n) is 17.5. The number of aromatic nitrogens is 1. The maximum Gasteiger partial charge on any atom is 0.213 e. The Morgan fingerprint density at radius 2 is 1.70 bits per heavy atom. The van der Waals surface area contributed by atoms with E-state index in [2.05, 4.69) is 88.8 Å². The molecule has 0 fully saturated rings. The minimum atomic E-state index is 0.669. The first-order chi connectivity index (χ1) is 12.9. The van der Waals surface area contributed by atoms with E-state index < -0.39 is 0 Å². The van der Waals surface area contributed by atoms with Gasteiger partial charge in [-0.1, -0.05) is 44.2 Å². The third-order valence-corrected chi connectivity index (χ3v) is 6.02. The van der Waals surface area contributed by atoms with Gasteiger partial charge in [-0.3, -0.25) is 0 Å². The van der Waals surface area contributed by atoms with Crippen molar-refractivity contribution in [2.24, 2.45) is 13.0 Å². The molecule has 0 radical (unpaired) electrons. The van der Waals surface area contributed by atoms with E-state index in [0.29, 0.717) is 5.92 Å². The smallest absolute Gasteiger partial charge is 0.201 e. The Labute approximate surface area is 163 Å². The highest BCUT2D eigenvalue weighted by Gasteiger charge is 2.28. The lowest BCUT2D eigenvalue weighted by Gasteiger charge is -2.14. The van der Waals surface area contributed by atoms with Gasteiger partial charge in [-0.25, -0.2) is 4.57 Å². The largest absolute Gasteiger partial charge is 0.213 e. The van der Waals surface area contributed by atoms with Crippen molar-refractivity contribution in [1.82, 2.24) is 0 Å². The van der Waals surface area contributed by atoms with E-state index in [1.807, 2.05) is 0 Å². The Morgan fingerprint density at radius 3 is 2.44 bits per heavy atom. The lowest BCUT2D eigenvalue weighted by molar-refractivity contribution is -0.660. The molecule has 0 N–H and O–H groups in total. The molecule has 1 nitrogen and oxygen atoms in total. The molecule has 0 atom stereocenters. The molecule has 0 saturated carbocycles. The lowest BCUT2D eigenvalue weighted by atomic mass is 9.90. The van der Waals surface area contributed by atoms with Gasteiger partial charge in [-0.05, 0) is 78.5 Å². The first kappa shape index (κ1) is 18.0. The van der Waals surface area contributed by atoms with Crippen molar-refractivity contribution < 1.29 is 4.57 Å². The fourth-order valence-corrected chi connectivity index (χ4v) is 4.62. The van der Waals surface area contributed by atoms with Crippen LogP contribution < -0.4 is 4.57 Å². The van der Waals surface area contributed by atoms with E-state index in [-0.39, 0.29) is 0 Å². The van der Waals surface area contributed by atoms with Crippen LogP contribution in [0.3, 0.4) is 0 Å². The molecule has 2 aromatic carbocycles. The molecule has 0 spiro atoms. The second kappa shape index (κ2) is 6.64. The first-order valence-corrected chi connectivity index (χ1v) is 10.1. The summed E-state index contributed by atoms with van der Waals surface area (Å²) in [5.74, 6) is 0.669. The highest BCUT2D eigenvalue weighted by atomic mass is 14.9. The van der Waals surface area contributed by atoms with Crippen LogP contribution in [0.4, 0.5) is 0 Å². The number of fused-ring (bicyclic) bond motifs is 3. The summed E-state index contributed by atoms with van der Waals surface area (Å²) in [5, 5.41) is 0. The molecule has 1 heteroatoms. The van der Waals surface area contributed by atoms with Crippen LogP contribution in [0, 0.1) is 26.7 Å². The normalized spacial score (nSPS) is 12.4. The molecule has 27 heavy (non-hydrogen) atoms. The summed E-state index contributed by atoms with van der Waals surface area (Å²) in [6.45, 7) is 11.3. The highest BCUT2D eigenvalue weighted by molar-refractivity contribution is 5.86. The molecule has 0 bridgehead atoms. The fraction of sp³-hybridized carbons (Fsp3) is 0.346. The molecule has 4 rings (SSSR count). The van der Waals surface area contributed by atoms with Crippen molar-refractivity contribution in [3.8, 4) is 22.4 Å². The van der Waals surface area contributed by atoms with E-state index in [1.165, 1.54) is 55.8 Å². The van der Waals surface area contributed by atoms with Crippen molar-refractivity contribution >= 4 is 0 Å². The van der Waals surface area contributed by atoms with Crippen LogP contribution in [0.1, 0.15) is 47.2 Å². The van der Waals surface area contributed by atoms with Gasteiger partial charge in [0.05, 0.1) is 5.56 Å². The monoisotopic (exact) mass is 356 g/mol. The van der Waals surface area contributed by atoms with E-state index in [0.717, 1.165) is 12.8 Å². The molecular weight excluding hydrogens is 326 g/mol.